The Morgan fingerprint density at radius 3 is 2.37 bits per heavy atom. The Labute approximate surface area is 115 Å². The first kappa shape index (κ1) is 15.5. The van der Waals surface area contributed by atoms with E-state index in [0.717, 1.165) is 13.0 Å². The molecular weight excluding hydrogens is 242 g/mol. The highest BCUT2D eigenvalue weighted by Crippen LogP contribution is 2.16. The summed E-state index contributed by atoms with van der Waals surface area (Å²) in [7, 11) is 3.79. The van der Waals surface area contributed by atoms with Crippen molar-refractivity contribution in [1.82, 2.24) is 15.0 Å². The molecule has 0 radical (unpaired) electrons. The van der Waals surface area contributed by atoms with Crippen LogP contribution in [0.15, 0.2) is 0 Å². The van der Waals surface area contributed by atoms with Crippen LogP contribution in [0.25, 0.3) is 0 Å². The highest BCUT2D eigenvalue weighted by Gasteiger charge is 2.12. The van der Waals surface area contributed by atoms with Gasteiger partial charge in [0.2, 0.25) is 11.9 Å². The van der Waals surface area contributed by atoms with Crippen molar-refractivity contribution in [2.24, 2.45) is 5.92 Å². The van der Waals surface area contributed by atoms with Gasteiger partial charge in [0.1, 0.15) is 0 Å². The van der Waals surface area contributed by atoms with E-state index in [4.69, 9.17) is 4.74 Å². The number of nitrogens with one attached hydrogen (secondary N) is 1. The van der Waals surface area contributed by atoms with Crippen LogP contribution in [0.1, 0.15) is 34.1 Å². The molecule has 0 aromatic carbocycles. The summed E-state index contributed by atoms with van der Waals surface area (Å²) < 4.78 is 5.77. The molecule has 0 saturated carbocycles. The SMILES string of the molecule is CCNc1nc(OC(C)CC(C)C)nc(N(C)C)n1. The molecule has 1 aromatic rings. The van der Waals surface area contributed by atoms with Gasteiger partial charge >= 0.3 is 6.01 Å². The van der Waals surface area contributed by atoms with E-state index in [1.807, 2.05) is 32.8 Å². The number of rotatable bonds is 7. The first-order chi connectivity index (χ1) is 8.92. The highest BCUT2D eigenvalue weighted by atomic mass is 16.5. The molecule has 1 rings (SSSR count). The van der Waals surface area contributed by atoms with Gasteiger partial charge in [-0.15, -0.1) is 0 Å². The van der Waals surface area contributed by atoms with Crippen LogP contribution in [-0.4, -0.2) is 41.7 Å². The number of anilines is 2. The number of nitrogens with zero attached hydrogens (tertiary/aromatic N) is 4. The normalized spacial score (nSPS) is 12.4. The van der Waals surface area contributed by atoms with Crippen LogP contribution < -0.4 is 15.0 Å². The number of ether oxygens (including phenoxy) is 1. The lowest BCUT2D eigenvalue weighted by Crippen LogP contribution is -2.20. The fourth-order valence-corrected chi connectivity index (χ4v) is 1.73. The van der Waals surface area contributed by atoms with Crippen molar-refractivity contribution >= 4 is 11.9 Å². The lowest BCUT2D eigenvalue weighted by molar-refractivity contribution is 0.177. The molecule has 6 nitrogen and oxygen atoms in total. The number of hydrogen-bond donors (Lipinski definition) is 1. The van der Waals surface area contributed by atoms with Gasteiger partial charge in [0.05, 0.1) is 6.10 Å². The zero-order chi connectivity index (χ0) is 14.4. The van der Waals surface area contributed by atoms with Gasteiger partial charge in [0, 0.05) is 20.6 Å². The zero-order valence-corrected chi connectivity index (χ0v) is 12.8. The van der Waals surface area contributed by atoms with Crippen molar-refractivity contribution in [2.75, 3.05) is 30.9 Å². The van der Waals surface area contributed by atoms with Crippen molar-refractivity contribution in [1.29, 1.82) is 0 Å². The lowest BCUT2D eigenvalue weighted by Gasteiger charge is -2.17. The smallest absolute Gasteiger partial charge is 0.323 e. The van der Waals surface area contributed by atoms with Crippen molar-refractivity contribution in [3.63, 3.8) is 0 Å². The molecule has 0 amide bonds. The first-order valence-electron chi connectivity index (χ1n) is 6.76. The summed E-state index contributed by atoms with van der Waals surface area (Å²) in [5.74, 6) is 1.73. The molecule has 1 unspecified atom stereocenters. The molecule has 6 heteroatoms. The number of hydrogen-bond acceptors (Lipinski definition) is 6. The highest BCUT2D eigenvalue weighted by molar-refractivity contribution is 5.36. The summed E-state index contributed by atoms with van der Waals surface area (Å²) in [5.41, 5.74) is 0. The topological polar surface area (TPSA) is 63.2 Å². The molecule has 19 heavy (non-hydrogen) atoms. The number of aromatic nitrogens is 3. The third kappa shape index (κ3) is 5.28. The Kier molecular flexibility index (Phi) is 5.79. The molecular formula is C13H25N5O. The second kappa shape index (κ2) is 7.11. The van der Waals surface area contributed by atoms with Crippen LogP contribution in [0.3, 0.4) is 0 Å². The zero-order valence-electron chi connectivity index (χ0n) is 12.8. The summed E-state index contributed by atoms with van der Waals surface area (Å²) in [6.45, 7) is 9.14. The van der Waals surface area contributed by atoms with Gasteiger partial charge in [-0.05, 0) is 26.2 Å². The Morgan fingerprint density at radius 2 is 1.84 bits per heavy atom. The molecule has 1 N–H and O–H groups in total. The monoisotopic (exact) mass is 267 g/mol. The predicted molar refractivity (Wildman–Crippen MR) is 77.9 cm³/mol. The largest absolute Gasteiger partial charge is 0.460 e. The molecule has 0 aliphatic rings. The molecule has 0 saturated heterocycles. The van der Waals surface area contributed by atoms with Crippen LogP contribution in [0.5, 0.6) is 6.01 Å². The minimum absolute atomic E-state index is 0.0897. The van der Waals surface area contributed by atoms with E-state index >= 15 is 0 Å². The maximum absolute atomic E-state index is 5.77. The molecule has 0 fully saturated rings. The van der Waals surface area contributed by atoms with E-state index in [2.05, 4.69) is 34.1 Å². The van der Waals surface area contributed by atoms with Crippen LogP contribution in [0, 0.1) is 5.92 Å². The second-order valence-corrected chi connectivity index (χ2v) is 5.22. The molecule has 1 atom stereocenters. The second-order valence-electron chi connectivity index (χ2n) is 5.22. The predicted octanol–water partition coefficient (Wildman–Crippen LogP) is 2.18. The van der Waals surface area contributed by atoms with Crippen molar-refractivity contribution in [2.45, 2.75) is 40.2 Å². The van der Waals surface area contributed by atoms with Gasteiger partial charge < -0.3 is 15.0 Å². The van der Waals surface area contributed by atoms with Crippen molar-refractivity contribution in [3.05, 3.63) is 0 Å². The lowest BCUT2D eigenvalue weighted by atomic mass is 10.1. The molecule has 1 heterocycles. The van der Waals surface area contributed by atoms with Gasteiger partial charge in [-0.2, -0.15) is 15.0 Å². The molecule has 0 spiro atoms. The van der Waals surface area contributed by atoms with E-state index < -0.39 is 0 Å². The fourth-order valence-electron chi connectivity index (χ4n) is 1.73. The fraction of sp³-hybridized carbons (Fsp3) is 0.769. The average molecular weight is 267 g/mol. The summed E-state index contributed by atoms with van der Waals surface area (Å²) in [4.78, 5) is 14.7. The maximum atomic E-state index is 5.77. The standard InChI is InChI=1S/C13H25N5O/c1-7-14-11-15-12(18(5)6)17-13(16-11)19-10(4)8-9(2)3/h9-10H,7-8H2,1-6H3,(H,14,15,16,17). The summed E-state index contributed by atoms with van der Waals surface area (Å²) in [6.07, 6.45) is 1.06. The van der Waals surface area contributed by atoms with E-state index in [0.29, 0.717) is 23.8 Å². The van der Waals surface area contributed by atoms with Gasteiger partial charge in [-0.25, -0.2) is 0 Å². The minimum atomic E-state index is 0.0897. The van der Waals surface area contributed by atoms with Crippen LogP contribution >= 0.6 is 0 Å². The third-order valence-electron chi connectivity index (χ3n) is 2.45. The Hall–Kier alpha value is -1.59. The molecule has 0 aliphatic heterocycles. The van der Waals surface area contributed by atoms with Crippen LogP contribution in [0.2, 0.25) is 0 Å². The molecule has 1 aromatic heterocycles. The first-order valence-corrected chi connectivity index (χ1v) is 6.76. The summed E-state index contributed by atoms with van der Waals surface area (Å²) in [5, 5.41) is 3.09. The molecule has 0 aliphatic carbocycles. The van der Waals surface area contributed by atoms with E-state index in [-0.39, 0.29) is 6.10 Å². The van der Waals surface area contributed by atoms with Crippen molar-refractivity contribution in [3.8, 4) is 6.01 Å². The van der Waals surface area contributed by atoms with Crippen LogP contribution in [-0.2, 0) is 0 Å². The third-order valence-corrected chi connectivity index (χ3v) is 2.45. The Morgan fingerprint density at radius 1 is 1.16 bits per heavy atom. The van der Waals surface area contributed by atoms with Crippen molar-refractivity contribution < 1.29 is 4.74 Å². The van der Waals surface area contributed by atoms with Gasteiger partial charge in [0.25, 0.3) is 0 Å². The van der Waals surface area contributed by atoms with Gasteiger partial charge in [-0.1, -0.05) is 13.8 Å². The van der Waals surface area contributed by atoms with E-state index in [1.54, 1.807) is 0 Å². The van der Waals surface area contributed by atoms with E-state index in [9.17, 15) is 0 Å². The van der Waals surface area contributed by atoms with Gasteiger partial charge in [0.15, 0.2) is 0 Å². The molecule has 0 bridgehead atoms. The molecule has 108 valence electrons. The van der Waals surface area contributed by atoms with Crippen LogP contribution in [0.4, 0.5) is 11.9 Å². The van der Waals surface area contributed by atoms with E-state index in [1.165, 1.54) is 0 Å². The average Bonchev–Trinajstić information content (AvgIpc) is 2.27. The minimum Gasteiger partial charge on any atom is -0.460 e. The Bertz CT molecular complexity index is 395. The maximum Gasteiger partial charge on any atom is 0.323 e. The quantitative estimate of drug-likeness (QED) is 0.817. The summed E-state index contributed by atoms with van der Waals surface area (Å²) >= 11 is 0. The summed E-state index contributed by atoms with van der Waals surface area (Å²) in [6, 6.07) is 0.378. The van der Waals surface area contributed by atoms with Gasteiger partial charge in [-0.3, -0.25) is 0 Å². The Balaban J connectivity index is 2.86.